The minimum absolute atomic E-state index is 0.605. The summed E-state index contributed by atoms with van der Waals surface area (Å²) in [6, 6.07) is 6.87. The summed E-state index contributed by atoms with van der Waals surface area (Å²) in [5.74, 6) is 0.605. The zero-order valence-electron chi connectivity index (χ0n) is 10.5. The predicted octanol–water partition coefficient (Wildman–Crippen LogP) is 4.63. The summed E-state index contributed by atoms with van der Waals surface area (Å²) < 4.78 is 0. The molecule has 0 radical (unpaired) electrons. The van der Waals surface area contributed by atoms with Crippen LogP contribution in [0.1, 0.15) is 50.7 Å². The van der Waals surface area contributed by atoms with Gasteiger partial charge in [0, 0.05) is 17.1 Å². The number of aryl methyl sites for hydroxylation is 1. The first-order valence-electron chi connectivity index (χ1n) is 6.32. The maximum atomic E-state index is 3.33. The monoisotopic (exact) mass is 215 g/mol. The van der Waals surface area contributed by atoms with E-state index < -0.39 is 0 Å². The predicted molar refractivity (Wildman–Crippen MR) is 71.0 cm³/mol. The molecule has 0 aliphatic rings. The van der Waals surface area contributed by atoms with E-state index in [1.54, 1.807) is 0 Å². The van der Waals surface area contributed by atoms with Crippen molar-refractivity contribution in [1.29, 1.82) is 0 Å². The zero-order valence-corrected chi connectivity index (χ0v) is 10.5. The topological polar surface area (TPSA) is 15.8 Å². The van der Waals surface area contributed by atoms with Gasteiger partial charge in [0.1, 0.15) is 0 Å². The Morgan fingerprint density at radius 2 is 2.06 bits per heavy atom. The van der Waals surface area contributed by atoms with Crippen molar-refractivity contribution in [1.82, 2.24) is 4.98 Å². The summed E-state index contributed by atoms with van der Waals surface area (Å²) in [7, 11) is 0. The van der Waals surface area contributed by atoms with Crippen molar-refractivity contribution in [3.63, 3.8) is 0 Å². The van der Waals surface area contributed by atoms with E-state index in [1.165, 1.54) is 41.3 Å². The molecule has 1 heterocycles. The Bertz CT molecular complexity index is 465. The molecule has 2 aromatic rings. The van der Waals surface area contributed by atoms with Crippen molar-refractivity contribution < 1.29 is 0 Å². The van der Waals surface area contributed by atoms with E-state index in [1.807, 2.05) is 6.20 Å². The van der Waals surface area contributed by atoms with Gasteiger partial charge in [-0.25, -0.2) is 0 Å². The normalized spacial score (nSPS) is 11.5. The van der Waals surface area contributed by atoms with Crippen LogP contribution in [0.15, 0.2) is 24.4 Å². The Kier molecular flexibility index (Phi) is 3.33. The molecule has 86 valence electrons. The number of H-pyrrole nitrogens is 1. The van der Waals surface area contributed by atoms with Gasteiger partial charge in [0.05, 0.1) is 0 Å². The summed E-state index contributed by atoms with van der Waals surface area (Å²) >= 11 is 0. The maximum Gasteiger partial charge on any atom is 0.0459 e. The van der Waals surface area contributed by atoms with E-state index in [0.29, 0.717) is 5.92 Å². The Morgan fingerprint density at radius 1 is 1.25 bits per heavy atom. The van der Waals surface area contributed by atoms with Gasteiger partial charge >= 0.3 is 0 Å². The van der Waals surface area contributed by atoms with Crippen LogP contribution in [0.25, 0.3) is 10.9 Å². The third kappa shape index (κ3) is 2.13. The first kappa shape index (κ1) is 11.3. The minimum atomic E-state index is 0.605. The lowest BCUT2D eigenvalue weighted by atomic mass is 9.96. The van der Waals surface area contributed by atoms with Crippen LogP contribution in [0.3, 0.4) is 0 Å². The van der Waals surface area contributed by atoms with Crippen LogP contribution in [0.5, 0.6) is 0 Å². The fourth-order valence-electron chi connectivity index (χ4n) is 2.18. The van der Waals surface area contributed by atoms with E-state index in [-0.39, 0.29) is 0 Å². The fraction of sp³-hybridized carbons (Fsp3) is 0.467. The molecule has 1 N–H and O–H groups in total. The highest BCUT2D eigenvalue weighted by atomic mass is 14.7. The zero-order chi connectivity index (χ0) is 11.5. The molecule has 0 aliphatic carbocycles. The molecular weight excluding hydrogens is 194 g/mol. The van der Waals surface area contributed by atoms with E-state index in [9.17, 15) is 0 Å². The number of nitrogens with one attached hydrogen (secondary N) is 1. The van der Waals surface area contributed by atoms with Crippen LogP contribution in [0.2, 0.25) is 0 Å². The number of hydrogen-bond donors (Lipinski definition) is 1. The van der Waals surface area contributed by atoms with E-state index >= 15 is 0 Å². The molecule has 0 atom stereocenters. The number of benzene rings is 1. The van der Waals surface area contributed by atoms with Gasteiger partial charge in [-0.3, -0.25) is 0 Å². The number of unbranched alkanes of at least 4 members (excludes halogenated alkanes) is 1. The molecule has 0 fully saturated rings. The Labute approximate surface area is 97.9 Å². The molecule has 1 heteroatoms. The highest BCUT2D eigenvalue weighted by molar-refractivity contribution is 5.83. The van der Waals surface area contributed by atoms with Crippen LogP contribution < -0.4 is 0 Å². The van der Waals surface area contributed by atoms with Gasteiger partial charge in [0.25, 0.3) is 0 Å². The van der Waals surface area contributed by atoms with Crippen LogP contribution in [0, 0.1) is 0 Å². The van der Waals surface area contributed by atoms with Crippen LogP contribution >= 0.6 is 0 Å². The molecular formula is C15H21N. The molecule has 1 nitrogen and oxygen atoms in total. The Balaban J connectivity index is 2.46. The molecule has 16 heavy (non-hydrogen) atoms. The first-order chi connectivity index (χ1) is 7.72. The van der Waals surface area contributed by atoms with E-state index in [4.69, 9.17) is 0 Å². The quantitative estimate of drug-likeness (QED) is 0.765. The third-order valence-electron chi connectivity index (χ3n) is 3.24. The second kappa shape index (κ2) is 4.73. The maximum absolute atomic E-state index is 3.33. The van der Waals surface area contributed by atoms with Crippen molar-refractivity contribution >= 4 is 10.9 Å². The second-order valence-electron chi connectivity index (χ2n) is 4.88. The fourth-order valence-corrected chi connectivity index (χ4v) is 2.18. The van der Waals surface area contributed by atoms with Gasteiger partial charge in [0.15, 0.2) is 0 Å². The molecule has 0 unspecified atom stereocenters. The van der Waals surface area contributed by atoms with Gasteiger partial charge in [0.2, 0.25) is 0 Å². The van der Waals surface area contributed by atoms with Crippen molar-refractivity contribution in [2.75, 3.05) is 0 Å². The summed E-state index contributed by atoms with van der Waals surface area (Å²) in [5, 5.41) is 1.40. The summed E-state index contributed by atoms with van der Waals surface area (Å²) in [6.07, 6.45) is 5.79. The molecule has 0 aliphatic heterocycles. The first-order valence-corrected chi connectivity index (χ1v) is 6.32. The van der Waals surface area contributed by atoms with Gasteiger partial charge in [-0.1, -0.05) is 33.3 Å². The van der Waals surface area contributed by atoms with Crippen molar-refractivity contribution in [2.45, 2.75) is 46.0 Å². The second-order valence-corrected chi connectivity index (χ2v) is 4.88. The summed E-state index contributed by atoms with van der Waals surface area (Å²) in [6.45, 7) is 6.77. The number of fused-ring (bicyclic) bond motifs is 1. The highest BCUT2D eigenvalue weighted by Gasteiger charge is 2.07. The Morgan fingerprint density at radius 3 is 2.75 bits per heavy atom. The van der Waals surface area contributed by atoms with Crippen molar-refractivity contribution in [3.05, 3.63) is 35.5 Å². The lowest BCUT2D eigenvalue weighted by molar-refractivity contribution is 0.794. The van der Waals surface area contributed by atoms with Gasteiger partial charge in [-0.05, 0) is 42.0 Å². The molecule has 0 amide bonds. The van der Waals surface area contributed by atoms with Crippen molar-refractivity contribution in [2.24, 2.45) is 0 Å². The van der Waals surface area contributed by atoms with Crippen molar-refractivity contribution in [3.8, 4) is 0 Å². The summed E-state index contributed by atoms with van der Waals surface area (Å²) in [5.41, 5.74) is 4.24. The summed E-state index contributed by atoms with van der Waals surface area (Å²) in [4.78, 5) is 3.33. The average molecular weight is 215 g/mol. The van der Waals surface area contributed by atoms with Crippen LogP contribution in [-0.4, -0.2) is 4.98 Å². The molecule has 0 bridgehead atoms. The third-order valence-corrected chi connectivity index (χ3v) is 3.24. The smallest absolute Gasteiger partial charge is 0.0459 e. The minimum Gasteiger partial charge on any atom is -0.361 e. The lowest BCUT2D eigenvalue weighted by Gasteiger charge is -2.10. The molecule has 0 spiro atoms. The van der Waals surface area contributed by atoms with Gasteiger partial charge in [-0.2, -0.15) is 0 Å². The average Bonchev–Trinajstić information content (AvgIpc) is 2.73. The van der Waals surface area contributed by atoms with Gasteiger partial charge in [-0.15, -0.1) is 0 Å². The number of rotatable bonds is 4. The number of aromatic nitrogens is 1. The number of aromatic amines is 1. The molecule has 2 rings (SSSR count). The lowest BCUT2D eigenvalue weighted by Crippen LogP contribution is -1.92. The van der Waals surface area contributed by atoms with Gasteiger partial charge < -0.3 is 4.98 Å². The van der Waals surface area contributed by atoms with E-state index in [2.05, 4.69) is 44.0 Å². The van der Waals surface area contributed by atoms with Crippen LogP contribution in [-0.2, 0) is 6.42 Å². The highest BCUT2D eigenvalue weighted by Crippen LogP contribution is 2.25. The number of hydrogen-bond acceptors (Lipinski definition) is 0. The molecule has 0 saturated heterocycles. The largest absolute Gasteiger partial charge is 0.361 e. The standard InChI is InChI=1S/C15H21N/c1-4-5-6-12-9-13(11(2)3)10-15-14(12)7-8-16-15/h7-11,16H,4-6H2,1-3H3. The SMILES string of the molecule is CCCCc1cc(C(C)C)cc2[nH]ccc12. The Hall–Kier alpha value is -1.24. The molecule has 1 aromatic carbocycles. The van der Waals surface area contributed by atoms with Crippen LogP contribution in [0.4, 0.5) is 0 Å². The van der Waals surface area contributed by atoms with E-state index in [0.717, 1.165) is 0 Å². The molecule has 1 aromatic heterocycles. The molecule has 0 saturated carbocycles.